The van der Waals surface area contributed by atoms with Crippen LogP contribution < -0.4 is 5.32 Å². The first kappa shape index (κ1) is 15.4. The molecule has 1 saturated carbocycles. The van der Waals surface area contributed by atoms with Gasteiger partial charge in [-0.05, 0) is 50.5 Å². The average molecular weight is 355 g/mol. The van der Waals surface area contributed by atoms with E-state index in [9.17, 15) is 4.39 Å². The van der Waals surface area contributed by atoms with Crippen molar-refractivity contribution in [2.24, 2.45) is 0 Å². The fraction of sp³-hybridized carbons (Fsp3) is 0.647. The Hall–Kier alpha value is -0.450. The van der Waals surface area contributed by atoms with Gasteiger partial charge in [0, 0.05) is 35.2 Å². The Morgan fingerprint density at radius 3 is 2.62 bits per heavy atom. The Balaban J connectivity index is 1.85. The van der Waals surface area contributed by atoms with E-state index in [0.717, 1.165) is 29.7 Å². The maximum absolute atomic E-state index is 13.6. The summed E-state index contributed by atoms with van der Waals surface area (Å²) in [5.74, 6) is -0.158. The number of nitrogens with zero attached hydrogens (tertiary/aromatic N) is 1. The van der Waals surface area contributed by atoms with Crippen molar-refractivity contribution >= 4 is 15.9 Å². The van der Waals surface area contributed by atoms with E-state index in [4.69, 9.17) is 0 Å². The molecule has 0 aromatic heterocycles. The van der Waals surface area contributed by atoms with Crippen LogP contribution in [0.4, 0.5) is 4.39 Å². The fourth-order valence-corrected chi connectivity index (χ4v) is 4.40. The van der Waals surface area contributed by atoms with Crippen molar-refractivity contribution in [3.63, 3.8) is 0 Å². The van der Waals surface area contributed by atoms with E-state index in [1.54, 1.807) is 6.07 Å². The van der Waals surface area contributed by atoms with Crippen LogP contribution in [-0.2, 0) is 6.54 Å². The smallest absolute Gasteiger partial charge is 0.124 e. The molecule has 3 rings (SSSR count). The molecule has 1 saturated heterocycles. The summed E-state index contributed by atoms with van der Waals surface area (Å²) in [6.07, 6.45) is 5.13. The molecule has 1 aliphatic carbocycles. The summed E-state index contributed by atoms with van der Waals surface area (Å²) in [4.78, 5) is 2.59. The van der Waals surface area contributed by atoms with Gasteiger partial charge in [0.1, 0.15) is 5.82 Å². The molecule has 1 N–H and O–H groups in total. The molecule has 1 heterocycles. The number of halogens is 2. The number of piperazine rings is 1. The SMILES string of the molecule is CC1(C)CN(Cc2cc(F)cc(Br)c2)C2(CCCC2)CN1. The fourth-order valence-electron chi connectivity index (χ4n) is 3.89. The Kier molecular flexibility index (Phi) is 4.15. The van der Waals surface area contributed by atoms with Crippen molar-refractivity contribution in [1.82, 2.24) is 10.2 Å². The van der Waals surface area contributed by atoms with Gasteiger partial charge in [0.05, 0.1) is 0 Å². The Morgan fingerprint density at radius 2 is 1.95 bits per heavy atom. The maximum Gasteiger partial charge on any atom is 0.124 e. The van der Waals surface area contributed by atoms with Gasteiger partial charge in [0.25, 0.3) is 0 Å². The summed E-state index contributed by atoms with van der Waals surface area (Å²) in [7, 11) is 0. The first-order valence-corrected chi connectivity index (χ1v) is 8.63. The van der Waals surface area contributed by atoms with Gasteiger partial charge in [-0.15, -0.1) is 0 Å². The second-order valence-corrected chi connectivity index (χ2v) is 8.22. The van der Waals surface area contributed by atoms with E-state index in [1.165, 1.54) is 31.7 Å². The third kappa shape index (κ3) is 3.33. The van der Waals surface area contributed by atoms with E-state index in [1.807, 2.05) is 6.07 Å². The lowest BCUT2D eigenvalue weighted by Crippen LogP contribution is -2.66. The third-order valence-corrected chi connectivity index (χ3v) is 5.44. The molecule has 116 valence electrons. The summed E-state index contributed by atoms with van der Waals surface area (Å²) in [6.45, 7) is 7.41. The topological polar surface area (TPSA) is 15.3 Å². The monoisotopic (exact) mass is 354 g/mol. The van der Waals surface area contributed by atoms with Crippen LogP contribution in [0.1, 0.15) is 45.1 Å². The molecule has 2 fully saturated rings. The first-order chi connectivity index (χ1) is 9.89. The van der Waals surface area contributed by atoms with E-state index in [-0.39, 0.29) is 16.9 Å². The quantitative estimate of drug-likeness (QED) is 0.860. The van der Waals surface area contributed by atoms with E-state index < -0.39 is 0 Å². The van der Waals surface area contributed by atoms with Crippen LogP contribution >= 0.6 is 15.9 Å². The highest BCUT2D eigenvalue weighted by Crippen LogP contribution is 2.39. The number of nitrogens with one attached hydrogen (secondary N) is 1. The molecular weight excluding hydrogens is 331 g/mol. The Morgan fingerprint density at radius 1 is 1.24 bits per heavy atom. The molecule has 0 radical (unpaired) electrons. The second-order valence-electron chi connectivity index (χ2n) is 7.30. The number of hydrogen-bond acceptors (Lipinski definition) is 2. The number of benzene rings is 1. The predicted octanol–water partition coefficient (Wildman–Crippen LogP) is 4.08. The highest BCUT2D eigenvalue weighted by molar-refractivity contribution is 9.10. The van der Waals surface area contributed by atoms with E-state index in [0.29, 0.717) is 0 Å². The van der Waals surface area contributed by atoms with Crippen LogP contribution in [-0.4, -0.2) is 29.1 Å². The minimum Gasteiger partial charge on any atom is -0.309 e. The summed E-state index contributed by atoms with van der Waals surface area (Å²) in [6, 6.07) is 5.24. The molecule has 1 aromatic rings. The van der Waals surface area contributed by atoms with Gasteiger partial charge in [-0.25, -0.2) is 4.39 Å². The minimum atomic E-state index is -0.158. The Bertz CT molecular complexity index is 503. The van der Waals surface area contributed by atoms with Gasteiger partial charge in [0.2, 0.25) is 0 Å². The number of hydrogen-bond donors (Lipinski definition) is 1. The van der Waals surface area contributed by atoms with Crippen molar-refractivity contribution in [2.45, 2.75) is 57.2 Å². The number of rotatable bonds is 2. The van der Waals surface area contributed by atoms with Crippen LogP contribution in [0.15, 0.2) is 22.7 Å². The largest absolute Gasteiger partial charge is 0.309 e. The maximum atomic E-state index is 13.6. The first-order valence-electron chi connectivity index (χ1n) is 7.84. The molecule has 0 unspecified atom stereocenters. The third-order valence-electron chi connectivity index (χ3n) is 4.98. The zero-order valence-corrected chi connectivity index (χ0v) is 14.5. The van der Waals surface area contributed by atoms with Crippen LogP contribution in [0.5, 0.6) is 0 Å². The van der Waals surface area contributed by atoms with Crippen LogP contribution in [0, 0.1) is 5.82 Å². The second kappa shape index (κ2) is 5.64. The highest BCUT2D eigenvalue weighted by Gasteiger charge is 2.45. The molecule has 2 nitrogen and oxygen atoms in total. The Labute approximate surface area is 135 Å². The molecule has 1 aromatic carbocycles. The molecular formula is C17H24BrFN2. The minimum absolute atomic E-state index is 0.123. The van der Waals surface area contributed by atoms with Crippen LogP contribution in [0.25, 0.3) is 0 Å². The van der Waals surface area contributed by atoms with Gasteiger partial charge in [-0.2, -0.15) is 0 Å². The van der Waals surface area contributed by atoms with Crippen molar-refractivity contribution in [3.05, 3.63) is 34.1 Å². The lowest BCUT2D eigenvalue weighted by molar-refractivity contribution is 0.0121. The van der Waals surface area contributed by atoms with E-state index in [2.05, 4.69) is 40.0 Å². The molecule has 0 bridgehead atoms. The normalized spacial score (nSPS) is 24.6. The zero-order chi connectivity index (χ0) is 15.1. The lowest BCUT2D eigenvalue weighted by Gasteiger charge is -2.51. The van der Waals surface area contributed by atoms with Gasteiger partial charge in [-0.3, -0.25) is 4.90 Å². The summed E-state index contributed by atoms with van der Waals surface area (Å²) < 4.78 is 14.5. The molecule has 1 aliphatic heterocycles. The standard InChI is InChI=1S/C17H24BrFN2/c1-16(2)12-21(17(11-20-16)5-3-4-6-17)10-13-7-14(18)9-15(19)8-13/h7-9,20H,3-6,10-12H2,1-2H3. The van der Waals surface area contributed by atoms with Gasteiger partial charge in [0.15, 0.2) is 0 Å². The van der Waals surface area contributed by atoms with Gasteiger partial charge >= 0.3 is 0 Å². The molecule has 21 heavy (non-hydrogen) atoms. The van der Waals surface area contributed by atoms with Crippen molar-refractivity contribution in [1.29, 1.82) is 0 Å². The van der Waals surface area contributed by atoms with Gasteiger partial charge < -0.3 is 5.32 Å². The predicted molar refractivity (Wildman–Crippen MR) is 87.8 cm³/mol. The summed E-state index contributed by atoms with van der Waals surface area (Å²) in [5.41, 5.74) is 1.46. The molecule has 1 spiro atoms. The van der Waals surface area contributed by atoms with Crippen LogP contribution in [0.2, 0.25) is 0 Å². The summed E-state index contributed by atoms with van der Waals surface area (Å²) in [5, 5.41) is 3.70. The molecule has 2 aliphatic rings. The lowest BCUT2D eigenvalue weighted by atomic mass is 9.86. The van der Waals surface area contributed by atoms with Crippen molar-refractivity contribution in [3.8, 4) is 0 Å². The summed E-state index contributed by atoms with van der Waals surface area (Å²) >= 11 is 3.40. The zero-order valence-electron chi connectivity index (χ0n) is 12.9. The van der Waals surface area contributed by atoms with Gasteiger partial charge in [-0.1, -0.05) is 28.8 Å². The highest BCUT2D eigenvalue weighted by atomic mass is 79.9. The molecule has 4 heteroatoms. The molecule has 0 atom stereocenters. The average Bonchev–Trinajstić information content (AvgIpc) is 2.83. The molecule has 0 amide bonds. The van der Waals surface area contributed by atoms with Crippen molar-refractivity contribution in [2.75, 3.05) is 13.1 Å². The van der Waals surface area contributed by atoms with E-state index >= 15 is 0 Å². The van der Waals surface area contributed by atoms with Crippen molar-refractivity contribution < 1.29 is 4.39 Å². The van der Waals surface area contributed by atoms with Crippen LogP contribution in [0.3, 0.4) is 0 Å².